The number of hydrazone groups is 1. The summed E-state index contributed by atoms with van der Waals surface area (Å²) in [7, 11) is 1.56. The minimum Gasteiger partial charge on any atom is -0.380 e. The number of aromatic amines is 1. The SMILES string of the molecule is COCc1cc(C)nc(N/N=C/c2c(C)[nH]n(-c3ccccc3)c2=O)c1C#N. The lowest BCUT2D eigenvalue weighted by atomic mass is 10.1. The van der Waals surface area contributed by atoms with Crippen molar-refractivity contribution in [3.8, 4) is 11.8 Å². The Labute approximate surface area is 162 Å². The van der Waals surface area contributed by atoms with E-state index in [1.54, 1.807) is 20.1 Å². The highest BCUT2D eigenvalue weighted by atomic mass is 16.5. The molecule has 0 amide bonds. The average molecular weight is 376 g/mol. The first kappa shape index (κ1) is 19.1. The van der Waals surface area contributed by atoms with Gasteiger partial charge in [0.15, 0.2) is 5.82 Å². The van der Waals surface area contributed by atoms with Gasteiger partial charge < -0.3 is 4.74 Å². The highest BCUT2D eigenvalue weighted by Crippen LogP contribution is 2.19. The first-order valence-electron chi connectivity index (χ1n) is 8.60. The second-order valence-corrected chi connectivity index (χ2v) is 6.19. The molecule has 0 aliphatic rings. The van der Waals surface area contributed by atoms with E-state index < -0.39 is 0 Å². The van der Waals surface area contributed by atoms with Crippen molar-refractivity contribution in [2.45, 2.75) is 20.5 Å². The minimum absolute atomic E-state index is 0.216. The number of benzene rings is 1. The van der Waals surface area contributed by atoms with E-state index >= 15 is 0 Å². The Kier molecular flexibility index (Phi) is 5.67. The van der Waals surface area contributed by atoms with Crippen LogP contribution in [0.1, 0.15) is 28.1 Å². The normalized spacial score (nSPS) is 10.9. The summed E-state index contributed by atoms with van der Waals surface area (Å²) in [5.41, 5.74) is 6.20. The maximum Gasteiger partial charge on any atom is 0.280 e. The summed E-state index contributed by atoms with van der Waals surface area (Å²) in [6.45, 7) is 3.91. The third-order valence-corrected chi connectivity index (χ3v) is 4.14. The van der Waals surface area contributed by atoms with Crippen LogP contribution in [0.2, 0.25) is 0 Å². The molecule has 0 aliphatic carbocycles. The second-order valence-electron chi connectivity index (χ2n) is 6.19. The number of aryl methyl sites for hydroxylation is 2. The van der Waals surface area contributed by atoms with E-state index in [-0.39, 0.29) is 5.56 Å². The number of nitrogens with zero attached hydrogens (tertiary/aromatic N) is 4. The number of nitrogens with one attached hydrogen (secondary N) is 2. The molecule has 2 aromatic heterocycles. The molecule has 0 saturated carbocycles. The van der Waals surface area contributed by atoms with E-state index in [1.807, 2.05) is 37.3 Å². The van der Waals surface area contributed by atoms with Gasteiger partial charge in [-0.15, -0.1) is 0 Å². The highest BCUT2D eigenvalue weighted by Gasteiger charge is 2.12. The first-order valence-corrected chi connectivity index (χ1v) is 8.60. The number of para-hydroxylation sites is 1. The molecule has 8 heteroatoms. The molecule has 0 unspecified atom stereocenters. The molecule has 28 heavy (non-hydrogen) atoms. The van der Waals surface area contributed by atoms with E-state index in [4.69, 9.17) is 4.74 Å². The fourth-order valence-corrected chi connectivity index (χ4v) is 2.84. The molecule has 8 nitrogen and oxygen atoms in total. The van der Waals surface area contributed by atoms with E-state index in [9.17, 15) is 10.1 Å². The number of aromatic nitrogens is 3. The number of hydrogen-bond donors (Lipinski definition) is 2. The molecule has 2 N–H and O–H groups in total. The third kappa shape index (κ3) is 3.84. The number of anilines is 1. The summed E-state index contributed by atoms with van der Waals surface area (Å²) in [6.07, 6.45) is 1.43. The molecule has 0 aliphatic heterocycles. The summed E-state index contributed by atoms with van der Waals surface area (Å²) in [5, 5.41) is 16.6. The number of hydrogen-bond acceptors (Lipinski definition) is 6. The zero-order chi connectivity index (χ0) is 20.1. The van der Waals surface area contributed by atoms with Crippen molar-refractivity contribution in [1.82, 2.24) is 14.8 Å². The van der Waals surface area contributed by atoms with Gasteiger partial charge in [0.05, 0.1) is 24.1 Å². The number of pyridine rings is 1. The molecule has 1 aromatic carbocycles. The molecule has 3 rings (SSSR count). The van der Waals surface area contributed by atoms with Gasteiger partial charge in [0.1, 0.15) is 11.6 Å². The van der Waals surface area contributed by atoms with Crippen molar-refractivity contribution in [3.63, 3.8) is 0 Å². The number of ether oxygens (including phenoxy) is 1. The van der Waals surface area contributed by atoms with Gasteiger partial charge in [-0.2, -0.15) is 10.4 Å². The van der Waals surface area contributed by atoms with Gasteiger partial charge in [-0.25, -0.2) is 9.67 Å². The van der Waals surface area contributed by atoms with Crippen LogP contribution in [0.4, 0.5) is 5.82 Å². The second kappa shape index (κ2) is 8.33. The van der Waals surface area contributed by atoms with E-state index in [2.05, 4.69) is 26.7 Å². The van der Waals surface area contributed by atoms with Crippen molar-refractivity contribution < 1.29 is 4.74 Å². The maximum atomic E-state index is 12.7. The molecule has 2 heterocycles. The Morgan fingerprint density at radius 1 is 1.36 bits per heavy atom. The van der Waals surface area contributed by atoms with Crippen LogP contribution in [0.3, 0.4) is 0 Å². The van der Waals surface area contributed by atoms with Gasteiger partial charge in [-0.3, -0.25) is 15.3 Å². The molecule has 142 valence electrons. The molecule has 0 atom stereocenters. The van der Waals surface area contributed by atoms with Crippen LogP contribution in [-0.2, 0) is 11.3 Å². The Hall–Kier alpha value is -3.70. The zero-order valence-corrected chi connectivity index (χ0v) is 15.9. The van der Waals surface area contributed by atoms with Crippen LogP contribution >= 0.6 is 0 Å². The van der Waals surface area contributed by atoms with Crippen LogP contribution in [0.25, 0.3) is 5.69 Å². The molecular formula is C20H20N6O2. The summed E-state index contributed by atoms with van der Waals surface area (Å²) < 4.78 is 6.59. The van der Waals surface area contributed by atoms with Crippen molar-refractivity contribution >= 4 is 12.0 Å². The first-order chi connectivity index (χ1) is 13.5. The Bertz CT molecular complexity index is 1110. The van der Waals surface area contributed by atoms with Crippen molar-refractivity contribution in [3.05, 3.63) is 74.8 Å². The summed E-state index contributed by atoms with van der Waals surface area (Å²) in [5.74, 6) is 0.322. The maximum absolute atomic E-state index is 12.7. The lowest BCUT2D eigenvalue weighted by Gasteiger charge is -2.09. The van der Waals surface area contributed by atoms with E-state index in [0.717, 1.165) is 16.9 Å². The van der Waals surface area contributed by atoms with Crippen molar-refractivity contribution in [2.24, 2.45) is 5.10 Å². The number of rotatable bonds is 6. The topological polar surface area (TPSA) is 108 Å². The molecule has 0 bridgehead atoms. The Morgan fingerprint density at radius 3 is 2.79 bits per heavy atom. The van der Waals surface area contributed by atoms with Crippen molar-refractivity contribution in [1.29, 1.82) is 5.26 Å². The molecule has 0 saturated heterocycles. The smallest absolute Gasteiger partial charge is 0.280 e. The number of methoxy groups -OCH3 is 1. The largest absolute Gasteiger partial charge is 0.380 e. The van der Waals surface area contributed by atoms with Gasteiger partial charge >= 0.3 is 0 Å². The van der Waals surface area contributed by atoms with Crippen molar-refractivity contribution in [2.75, 3.05) is 12.5 Å². The molecular weight excluding hydrogens is 356 g/mol. The minimum atomic E-state index is -0.216. The third-order valence-electron chi connectivity index (χ3n) is 4.14. The predicted octanol–water partition coefficient (Wildman–Crippen LogP) is 2.64. The number of nitriles is 1. The fraction of sp³-hybridized carbons (Fsp3) is 0.200. The van der Waals surface area contributed by atoms with Gasteiger partial charge in [-0.1, -0.05) is 18.2 Å². The Morgan fingerprint density at radius 2 is 2.11 bits per heavy atom. The average Bonchev–Trinajstić information content (AvgIpc) is 2.97. The summed E-state index contributed by atoms with van der Waals surface area (Å²) >= 11 is 0. The van der Waals surface area contributed by atoms with Crippen LogP contribution in [-0.4, -0.2) is 28.1 Å². The Balaban J connectivity index is 1.90. The quantitative estimate of drug-likeness (QED) is 0.508. The van der Waals surface area contributed by atoms with Crippen LogP contribution in [0, 0.1) is 25.2 Å². The fourth-order valence-electron chi connectivity index (χ4n) is 2.84. The predicted molar refractivity (Wildman–Crippen MR) is 107 cm³/mol. The monoisotopic (exact) mass is 376 g/mol. The van der Waals surface area contributed by atoms with Crippen LogP contribution in [0.15, 0.2) is 46.3 Å². The molecule has 3 aromatic rings. The van der Waals surface area contributed by atoms with Gasteiger partial charge in [0.2, 0.25) is 0 Å². The molecule has 0 radical (unpaired) electrons. The van der Waals surface area contributed by atoms with E-state index in [1.165, 1.54) is 10.9 Å². The van der Waals surface area contributed by atoms with Gasteiger partial charge in [0.25, 0.3) is 5.56 Å². The van der Waals surface area contributed by atoms with Gasteiger partial charge in [0, 0.05) is 24.1 Å². The van der Waals surface area contributed by atoms with E-state index in [0.29, 0.717) is 29.2 Å². The lowest BCUT2D eigenvalue weighted by Crippen LogP contribution is -2.17. The highest BCUT2D eigenvalue weighted by molar-refractivity contribution is 5.81. The summed E-state index contributed by atoms with van der Waals surface area (Å²) in [4.78, 5) is 17.0. The molecule has 0 fully saturated rings. The number of H-pyrrole nitrogens is 1. The lowest BCUT2D eigenvalue weighted by molar-refractivity contribution is 0.184. The summed E-state index contributed by atoms with van der Waals surface area (Å²) in [6, 6.07) is 13.2. The van der Waals surface area contributed by atoms with Crippen LogP contribution in [0.5, 0.6) is 0 Å². The van der Waals surface area contributed by atoms with Gasteiger partial charge in [-0.05, 0) is 32.0 Å². The standard InChI is InChI=1S/C20H20N6O2/c1-13-9-15(12-28-3)17(10-21)19(23-13)24-22-11-18-14(2)25-26(20(18)27)16-7-5-4-6-8-16/h4-9,11,25H,12H2,1-3H3,(H,23,24)/b22-11+. The zero-order valence-electron chi connectivity index (χ0n) is 15.9. The van der Waals surface area contributed by atoms with Crippen LogP contribution < -0.4 is 11.0 Å². The molecule has 0 spiro atoms.